The van der Waals surface area contributed by atoms with E-state index in [-0.39, 0.29) is 0 Å². The Balaban J connectivity index is 2.22. The van der Waals surface area contributed by atoms with Crippen molar-refractivity contribution in [3.05, 3.63) is 39.9 Å². The number of hydrogen-bond acceptors (Lipinski definition) is 2. The summed E-state index contributed by atoms with van der Waals surface area (Å²) < 4.78 is 1.00. The molecule has 1 aromatic rings. The van der Waals surface area contributed by atoms with Gasteiger partial charge < -0.3 is 10.8 Å². The Labute approximate surface area is 102 Å². The molecule has 0 spiro atoms. The number of hydrogen-bond donors (Lipinski definition) is 2. The summed E-state index contributed by atoms with van der Waals surface area (Å²) in [6.07, 6.45) is 3.31. The first-order valence-electron chi connectivity index (χ1n) is 5.04. The third-order valence-corrected chi connectivity index (χ3v) is 3.24. The Morgan fingerprint density at radius 3 is 3.00 bits per heavy atom. The van der Waals surface area contributed by atoms with Crippen molar-refractivity contribution in [2.45, 2.75) is 18.9 Å². The number of benzene rings is 1. The lowest BCUT2D eigenvalue weighted by Crippen LogP contribution is -2.30. The van der Waals surface area contributed by atoms with Gasteiger partial charge in [-0.15, -0.1) is 0 Å². The number of carboxylic acids is 1. The van der Waals surface area contributed by atoms with Crippen LogP contribution in [0.2, 0.25) is 0 Å². The number of rotatable bonds is 3. The van der Waals surface area contributed by atoms with Crippen LogP contribution in [0.15, 0.2) is 28.7 Å². The fourth-order valence-electron chi connectivity index (χ4n) is 1.89. The second-order valence-corrected chi connectivity index (χ2v) is 4.80. The molecular weight excluding hydrogens is 270 g/mol. The first-order valence-corrected chi connectivity index (χ1v) is 5.83. The molecule has 84 valence electrons. The maximum atomic E-state index is 10.7. The topological polar surface area (TPSA) is 63.3 Å². The standard InChI is InChI=1S/C12H12BrNO2/c13-9-4-3-7-1-2-8(10(7)6-9)5-11(14)12(15)16/h2-4,6,11H,1,5,14H2,(H,15,16). The summed E-state index contributed by atoms with van der Waals surface area (Å²) in [6.45, 7) is 0. The highest BCUT2D eigenvalue weighted by atomic mass is 79.9. The summed E-state index contributed by atoms with van der Waals surface area (Å²) in [7, 11) is 0. The summed E-state index contributed by atoms with van der Waals surface area (Å²) in [5, 5.41) is 8.78. The Kier molecular flexibility index (Phi) is 3.12. The van der Waals surface area contributed by atoms with Gasteiger partial charge in [-0.25, -0.2) is 0 Å². The van der Waals surface area contributed by atoms with Crippen molar-refractivity contribution in [1.29, 1.82) is 0 Å². The fourth-order valence-corrected chi connectivity index (χ4v) is 2.25. The third-order valence-electron chi connectivity index (χ3n) is 2.74. The van der Waals surface area contributed by atoms with E-state index in [4.69, 9.17) is 10.8 Å². The van der Waals surface area contributed by atoms with Gasteiger partial charge in [-0.2, -0.15) is 0 Å². The van der Waals surface area contributed by atoms with Gasteiger partial charge in [0.15, 0.2) is 0 Å². The Bertz CT molecular complexity index is 468. The van der Waals surface area contributed by atoms with Crippen molar-refractivity contribution >= 4 is 27.5 Å². The second kappa shape index (κ2) is 4.39. The predicted molar refractivity (Wildman–Crippen MR) is 66.1 cm³/mol. The van der Waals surface area contributed by atoms with Crippen molar-refractivity contribution in [2.24, 2.45) is 5.73 Å². The van der Waals surface area contributed by atoms with Gasteiger partial charge in [0.25, 0.3) is 0 Å². The van der Waals surface area contributed by atoms with Gasteiger partial charge in [0.1, 0.15) is 6.04 Å². The average Bonchev–Trinajstić information content (AvgIpc) is 2.61. The van der Waals surface area contributed by atoms with Crippen LogP contribution >= 0.6 is 15.9 Å². The molecule has 4 heteroatoms. The zero-order chi connectivity index (χ0) is 11.7. The maximum Gasteiger partial charge on any atom is 0.320 e. The molecule has 1 atom stereocenters. The number of fused-ring (bicyclic) bond motifs is 1. The minimum Gasteiger partial charge on any atom is -0.480 e. The van der Waals surface area contributed by atoms with Crippen LogP contribution in [0.3, 0.4) is 0 Å². The normalized spacial score (nSPS) is 15.5. The largest absolute Gasteiger partial charge is 0.480 e. The Hall–Kier alpha value is -1.13. The number of carboxylic acid groups (broad SMARTS) is 1. The van der Waals surface area contributed by atoms with E-state index in [0.717, 1.165) is 22.0 Å². The van der Waals surface area contributed by atoms with E-state index in [1.165, 1.54) is 5.56 Å². The van der Waals surface area contributed by atoms with Gasteiger partial charge >= 0.3 is 5.97 Å². The van der Waals surface area contributed by atoms with E-state index < -0.39 is 12.0 Å². The Morgan fingerprint density at radius 1 is 1.56 bits per heavy atom. The lowest BCUT2D eigenvalue weighted by atomic mass is 10.0. The highest BCUT2D eigenvalue weighted by Crippen LogP contribution is 2.32. The zero-order valence-electron chi connectivity index (χ0n) is 8.61. The molecule has 0 fully saturated rings. The molecule has 0 saturated carbocycles. The molecule has 1 unspecified atom stereocenters. The number of allylic oxidation sites excluding steroid dienone is 1. The molecule has 0 bridgehead atoms. The van der Waals surface area contributed by atoms with Crippen LogP contribution in [0.5, 0.6) is 0 Å². The van der Waals surface area contributed by atoms with E-state index >= 15 is 0 Å². The first kappa shape index (κ1) is 11.4. The highest BCUT2D eigenvalue weighted by molar-refractivity contribution is 9.10. The number of carbonyl (C=O) groups is 1. The van der Waals surface area contributed by atoms with Crippen molar-refractivity contribution in [1.82, 2.24) is 0 Å². The monoisotopic (exact) mass is 281 g/mol. The summed E-state index contributed by atoms with van der Waals surface area (Å²) >= 11 is 3.41. The molecule has 0 radical (unpaired) electrons. The predicted octanol–water partition coefficient (Wildman–Crippen LogP) is 2.19. The highest BCUT2D eigenvalue weighted by Gasteiger charge is 2.19. The molecular formula is C12H12BrNO2. The number of nitrogens with two attached hydrogens (primary N) is 1. The molecule has 0 heterocycles. The zero-order valence-corrected chi connectivity index (χ0v) is 10.2. The fraction of sp³-hybridized carbons (Fsp3) is 0.250. The van der Waals surface area contributed by atoms with Gasteiger partial charge in [0, 0.05) is 4.47 Å². The number of halogens is 1. The van der Waals surface area contributed by atoms with Gasteiger partial charge in [-0.3, -0.25) is 4.79 Å². The molecule has 1 aliphatic carbocycles. The van der Waals surface area contributed by atoms with E-state index in [1.807, 2.05) is 12.1 Å². The van der Waals surface area contributed by atoms with Crippen molar-refractivity contribution in [2.75, 3.05) is 0 Å². The molecule has 0 aliphatic heterocycles. The van der Waals surface area contributed by atoms with E-state index in [9.17, 15) is 4.79 Å². The molecule has 0 amide bonds. The summed E-state index contributed by atoms with van der Waals surface area (Å²) in [4.78, 5) is 10.7. The van der Waals surface area contributed by atoms with Crippen LogP contribution in [0.4, 0.5) is 0 Å². The quantitative estimate of drug-likeness (QED) is 0.893. The molecule has 3 N–H and O–H groups in total. The van der Waals surface area contributed by atoms with Crippen molar-refractivity contribution in [3.8, 4) is 0 Å². The van der Waals surface area contributed by atoms with Crippen LogP contribution in [-0.4, -0.2) is 17.1 Å². The third kappa shape index (κ3) is 2.18. The number of aliphatic carboxylic acids is 1. The lowest BCUT2D eigenvalue weighted by molar-refractivity contribution is -0.138. The van der Waals surface area contributed by atoms with Gasteiger partial charge in [-0.1, -0.05) is 28.1 Å². The smallest absolute Gasteiger partial charge is 0.320 e. The van der Waals surface area contributed by atoms with Crippen LogP contribution in [0, 0.1) is 0 Å². The molecule has 2 rings (SSSR count). The lowest BCUT2D eigenvalue weighted by Gasteiger charge is -2.09. The van der Waals surface area contributed by atoms with Crippen molar-refractivity contribution < 1.29 is 9.90 Å². The van der Waals surface area contributed by atoms with Gasteiger partial charge in [0.05, 0.1) is 0 Å². The average molecular weight is 282 g/mol. The summed E-state index contributed by atoms with van der Waals surface area (Å²) in [5.41, 5.74) is 8.92. The maximum absolute atomic E-state index is 10.7. The second-order valence-electron chi connectivity index (χ2n) is 3.88. The van der Waals surface area contributed by atoms with Gasteiger partial charge in [-0.05, 0) is 41.7 Å². The SMILES string of the molecule is NC(CC1=CCc2ccc(Br)cc21)C(=O)O. The molecule has 16 heavy (non-hydrogen) atoms. The minimum atomic E-state index is -0.954. The first-order chi connectivity index (χ1) is 7.58. The molecule has 0 aromatic heterocycles. The molecule has 1 aromatic carbocycles. The van der Waals surface area contributed by atoms with Crippen molar-refractivity contribution in [3.63, 3.8) is 0 Å². The minimum absolute atomic E-state index is 0.388. The van der Waals surface area contributed by atoms with E-state index in [1.54, 1.807) is 0 Å². The van der Waals surface area contributed by atoms with Crippen LogP contribution in [0.25, 0.3) is 5.57 Å². The molecule has 1 aliphatic rings. The van der Waals surface area contributed by atoms with Crippen LogP contribution in [0.1, 0.15) is 17.5 Å². The van der Waals surface area contributed by atoms with Crippen LogP contribution in [-0.2, 0) is 11.2 Å². The van der Waals surface area contributed by atoms with Gasteiger partial charge in [0.2, 0.25) is 0 Å². The summed E-state index contributed by atoms with van der Waals surface area (Å²) in [6, 6.07) is 5.24. The van der Waals surface area contributed by atoms with E-state index in [0.29, 0.717) is 6.42 Å². The summed E-state index contributed by atoms with van der Waals surface area (Å²) in [5.74, 6) is -0.954. The Morgan fingerprint density at radius 2 is 2.31 bits per heavy atom. The molecule has 3 nitrogen and oxygen atoms in total. The van der Waals surface area contributed by atoms with E-state index in [2.05, 4.69) is 28.1 Å². The van der Waals surface area contributed by atoms with Crippen LogP contribution < -0.4 is 5.73 Å². The molecule has 0 saturated heterocycles.